The lowest BCUT2D eigenvalue weighted by atomic mass is 9.84. The number of carbonyl (C=O) groups is 2. The molecule has 3 rings (SSSR count). The molecule has 8 heteroatoms. The number of hydrogen-bond acceptors (Lipinski definition) is 6. The van der Waals surface area contributed by atoms with Gasteiger partial charge in [0.05, 0.1) is 34.3 Å². The molecule has 1 saturated heterocycles. The van der Waals surface area contributed by atoms with Crippen LogP contribution in [0.15, 0.2) is 29.8 Å². The van der Waals surface area contributed by atoms with E-state index in [-0.39, 0.29) is 41.8 Å². The summed E-state index contributed by atoms with van der Waals surface area (Å²) in [5.74, 6) is -0.394. The summed E-state index contributed by atoms with van der Waals surface area (Å²) in [6, 6.07) is 6.68. The lowest BCUT2D eigenvalue weighted by Crippen LogP contribution is -2.60. The number of likely N-dealkylation sites (tertiary alicyclic amines) is 1. The van der Waals surface area contributed by atoms with Crippen molar-refractivity contribution in [2.24, 2.45) is 5.41 Å². The number of nitrogens with one attached hydrogen (secondary N) is 2. The number of β-amino-alcohol motifs (C(OH)–C–C–N with tert-alkyl or cyclic N) is 1. The van der Waals surface area contributed by atoms with E-state index in [1.165, 1.54) is 0 Å². The molecule has 35 heavy (non-hydrogen) atoms. The molecular formula is C27H40N4O3S. The van der Waals surface area contributed by atoms with Crippen LogP contribution in [0.2, 0.25) is 0 Å². The van der Waals surface area contributed by atoms with Crippen LogP contribution >= 0.6 is 11.3 Å². The molecule has 1 fully saturated rings. The Labute approximate surface area is 213 Å². The summed E-state index contributed by atoms with van der Waals surface area (Å²) in [5.41, 5.74) is 4.28. The first-order valence-electron chi connectivity index (χ1n) is 12.2. The molecular weight excluding hydrogens is 460 g/mol. The molecule has 2 aromatic rings. The smallest absolute Gasteiger partial charge is 0.243 e. The van der Waals surface area contributed by atoms with Crippen molar-refractivity contribution in [2.45, 2.75) is 91.6 Å². The van der Waals surface area contributed by atoms with Crippen LogP contribution in [0, 0.1) is 12.3 Å². The Morgan fingerprint density at radius 2 is 1.77 bits per heavy atom. The number of thiazole rings is 1. The predicted octanol–water partition coefficient (Wildman–Crippen LogP) is 4.06. The molecule has 2 amide bonds. The molecule has 0 bridgehead atoms. The number of hydrogen-bond donors (Lipinski definition) is 3. The summed E-state index contributed by atoms with van der Waals surface area (Å²) in [4.78, 5) is 33.9. The summed E-state index contributed by atoms with van der Waals surface area (Å²) < 4.78 is 0. The van der Waals surface area contributed by atoms with Crippen LogP contribution in [0.25, 0.3) is 10.4 Å². The van der Waals surface area contributed by atoms with Gasteiger partial charge in [-0.25, -0.2) is 4.98 Å². The van der Waals surface area contributed by atoms with Crippen molar-refractivity contribution in [3.05, 3.63) is 41.0 Å². The van der Waals surface area contributed by atoms with E-state index in [4.69, 9.17) is 0 Å². The molecule has 1 aromatic heterocycles. The van der Waals surface area contributed by atoms with Gasteiger partial charge in [-0.15, -0.1) is 11.3 Å². The van der Waals surface area contributed by atoms with Gasteiger partial charge in [-0.1, -0.05) is 45.0 Å². The van der Waals surface area contributed by atoms with E-state index in [0.717, 1.165) is 21.7 Å². The summed E-state index contributed by atoms with van der Waals surface area (Å²) in [6.45, 7) is 16.2. The zero-order valence-electron chi connectivity index (χ0n) is 22.2. The van der Waals surface area contributed by atoms with E-state index in [2.05, 4.69) is 15.6 Å². The number of benzene rings is 1. The van der Waals surface area contributed by atoms with E-state index in [1.54, 1.807) is 16.2 Å². The van der Waals surface area contributed by atoms with Crippen LogP contribution in [0.4, 0.5) is 0 Å². The number of rotatable bonds is 6. The van der Waals surface area contributed by atoms with E-state index >= 15 is 0 Å². The summed E-state index contributed by atoms with van der Waals surface area (Å²) in [7, 11) is 0. The van der Waals surface area contributed by atoms with E-state index in [9.17, 15) is 14.7 Å². The van der Waals surface area contributed by atoms with Gasteiger partial charge in [-0.2, -0.15) is 0 Å². The predicted molar refractivity (Wildman–Crippen MR) is 141 cm³/mol. The highest BCUT2D eigenvalue weighted by Crippen LogP contribution is 2.30. The number of amides is 2. The van der Waals surface area contributed by atoms with Gasteiger partial charge < -0.3 is 20.6 Å². The fourth-order valence-electron chi connectivity index (χ4n) is 4.45. The van der Waals surface area contributed by atoms with Gasteiger partial charge >= 0.3 is 0 Å². The molecule has 0 saturated carbocycles. The number of carbonyl (C=O) groups excluding carboxylic acids is 2. The van der Waals surface area contributed by atoms with Crippen molar-refractivity contribution >= 4 is 23.2 Å². The van der Waals surface area contributed by atoms with Crippen LogP contribution in [0.3, 0.4) is 0 Å². The normalized spacial score (nSPS) is 20.5. The van der Waals surface area contributed by atoms with Crippen molar-refractivity contribution in [1.29, 1.82) is 0 Å². The second kappa shape index (κ2) is 10.4. The largest absolute Gasteiger partial charge is 0.391 e. The fourth-order valence-corrected chi connectivity index (χ4v) is 5.26. The van der Waals surface area contributed by atoms with E-state index in [1.807, 2.05) is 85.2 Å². The quantitative estimate of drug-likeness (QED) is 0.556. The van der Waals surface area contributed by atoms with Gasteiger partial charge in [0.15, 0.2) is 0 Å². The molecule has 192 valence electrons. The lowest BCUT2D eigenvalue weighted by molar-refractivity contribution is -0.143. The number of aliphatic hydroxyl groups is 1. The average Bonchev–Trinajstić information content (AvgIpc) is 3.35. The van der Waals surface area contributed by atoms with Gasteiger partial charge in [-0.05, 0) is 51.2 Å². The molecule has 0 unspecified atom stereocenters. The third kappa shape index (κ3) is 6.68. The molecule has 3 N–H and O–H groups in total. The first-order chi connectivity index (χ1) is 16.2. The number of aromatic nitrogens is 1. The molecule has 2 heterocycles. The first-order valence-corrected chi connectivity index (χ1v) is 13.1. The fraction of sp³-hybridized carbons (Fsp3) is 0.593. The third-order valence-electron chi connectivity index (χ3n) is 6.33. The van der Waals surface area contributed by atoms with Gasteiger partial charge in [0.2, 0.25) is 11.8 Å². The highest BCUT2D eigenvalue weighted by molar-refractivity contribution is 7.13. The summed E-state index contributed by atoms with van der Waals surface area (Å²) in [5, 5.41) is 16.9. The lowest BCUT2D eigenvalue weighted by Gasteiger charge is -2.39. The SMILES string of the molecule is Cc1ncsc1-c1ccc([C@@H](C)NC(=O)[C@H]2C[C@@H](O)CN2C(=O)[C@@H](NC(C)(C)C)C(C)(C)C)cc1. The van der Waals surface area contributed by atoms with Gasteiger partial charge in [-0.3, -0.25) is 9.59 Å². The van der Waals surface area contributed by atoms with Crippen LogP contribution in [-0.4, -0.2) is 57.1 Å². The van der Waals surface area contributed by atoms with Crippen molar-refractivity contribution in [3.63, 3.8) is 0 Å². The monoisotopic (exact) mass is 500 g/mol. The van der Waals surface area contributed by atoms with Gasteiger partial charge in [0.25, 0.3) is 0 Å². The maximum Gasteiger partial charge on any atom is 0.243 e. The molecule has 0 aliphatic carbocycles. The van der Waals surface area contributed by atoms with E-state index < -0.39 is 18.2 Å². The third-order valence-corrected chi connectivity index (χ3v) is 7.31. The van der Waals surface area contributed by atoms with E-state index in [0.29, 0.717) is 0 Å². The molecule has 1 aromatic carbocycles. The minimum absolute atomic E-state index is 0.152. The number of aliphatic hydroxyl groups excluding tert-OH is 1. The first kappa shape index (κ1) is 27.3. The number of aryl methyl sites for hydroxylation is 1. The minimum atomic E-state index is -0.720. The van der Waals surface area contributed by atoms with Crippen molar-refractivity contribution in [3.8, 4) is 10.4 Å². The second-order valence-electron chi connectivity index (χ2n) is 11.7. The average molecular weight is 501 g/mol. The highest BCUT2D eigenvalue weighted by atomic mass is 32.1. The minimum Gasteiger partial charge on any atom is -0.391 e. The Morgan fingerprint density at radius 1 is 1.14 bits per heavy atom. The Hall–Kier alpha value is -2.29. The topological polar surface area (TPSA) is 94.6 Å². The van der Waals surface area contributed by atoms with Crippen LogP contribution in [0.5, 0.6) is 0 Å². The van der Waals surface area contributed by atoms with Crippen molar-refractivity contribution in [2.75, 3.05) is 6.54 Å². The molecule has 0 radical (unpaired) electrons. The van der Waals surface area contributed by atoms with Crippen LogP contribution in [0.1, 0.15) is 72.2 Å². The second-order valence-corrected chi connectivity index (χ2v) is 12.6. The van der Waals surface area contributed by atoms with Crippen LogP contribution < -0.4 is 10.6 Å². The summed E-state index contributed by atoms with van der Waals surface area (Å²) >= 11 is 1.61. The maximum atomic E-state index is 13.6. The standard InChI is InChI=1S/C27H40N4O3S/c1-16(18-9-11-19(12-10-18)22-17(2)28-15-35-22)29-24(33)21-13-20(32)14-31(21)25(34)23(26(3,4)5)30-27(6,7)8/h9-12,15-16,20-21,23,30,32H,13-14H2,1-8H3,(H,29,33)/t16-,20-,21-,23-/m1/s1. The van der Waals surface area contributed by atoms with Crippen molar-refractivity contribution < 1.29 is 14.7 Å². The highest BCUT2D eigenvalue weighted by Gasteiger charge is 2.44. The van der Waals surface area contributed by atoms with Crippen LogP contribution in [-0.2, 0) is 9.59 Å². The van der Waals surface area contributed by atoms with Gasteiger partial charge in [0.1, 0.15) is 6.04 Å². The van der Waals surface area contributed by atoms with Crippen molar-refractivity contribution in [1.82, 2.24) is 20.5 Å². The molecule has 4 atom stereocenters. The Morgan fingerprint density at radius 3 is 2.29 bits per heavy atom. The molecule has 1 aliphatic rings. The van der Waals surface area contributed by atoms with Gasteiger partial charge in [0, 0.05) is 18.5 Å². The zero-order valence-corrected chi connectivity index (χ0v) is 23.0. The Bertz CT molecular complexity index is 1040. The number of nitrogens with zero attached hydrogens (tertiary/aromatic N) is 2. The molecule has 1 aliphatic heterocycles. The Balaban J connectivity index is 1.73. The summed E-state index contributed by atoms with van der Waals surface area (Å²) in [6.07, 6.45) is -0.484. The molecule has 7 nitrogen and oxygen atoms in total. The molecule has 0 spiro atoms. The Kier molecular flexibility index (Phi) is 8.09. The zero-order chi connectivity index (χ0) is 26.1. The maximum absolute atomic E-state index is 13.6.